The van der Waals surface area contributed by atoms with Crippen LogP contribution in [0.1, 0.15) is 45.3 Å². The predicted octanol–water partition coefficient (Wildman–Crippen LogP) is 4.20. The second-order valence-electron chi connectivity index (χ2n) is 6.89. The van der Waals surface area contributed by atoms with Gasteiger partial charge in [0.15, 0.2) is 0 Å². The van der Waals surface area contributed by atoms with Crippen LogP contribution in [0.15, 0.2) is 5.38 Å². The fourth-order valence-corrected chi connectivity index (χ4v) is 6.63. The normalized spacial score (nSPS) is 28.6. The molecular weight excluding hydrogens is 316 g/mol. The van der Waals surface area contributed by atoms with Crippen molar-refractivity contribution in [2.24, 2.45) is 0 Å². The molecular formula is C16H28N2S3. The van der Waals surface area contributed by atoms with Gasteiger partial charge in [-0.2, -0.15) is 23.5 Å². The van der Waals surface area contributed by atoms with E-state index in [0.29, 0.717) is 11.3 Å². The minimum atomic E-state index is 0.156. The van der Waals surface area contributed by atoms with Gasteiger partial charge in [0.25, 0.3) is 0 Å². The molecule has 21 heavy (non-hydrogen) atoms. The number of nitrogens with zero attached hydrogens (tertiary/aromatic N) is 1. The first-order chi connectivity index (χ1) is 9.81. The third-order valence-corrected chi connectivity index (χ3v) is 8.53. The Bertz CT molecular complexity index is 453. The van der Waals surface area contributed by atoms with E-state index in [0.717, 1.165) is 16.9 Å². The predicted molar refractivity (Wildman–Crippen MR) is 100 cm³/mol. The molecule has 1 N–H and O–H groups in total. The Kier molecular flexibility index (Phi) is 6.08. The molecule has 5 heteroatoms. The fourth-order valence-electron chi connectivity index (χ4n) is 2.38. The number of nitrogens with one attached hydrogen (secondary N) is 1. The fraction of sp³-hybridized carbons (Fsp3) is 0.812. The first kappa shape index (κ1) is 17.6. The summed E-state index contributed by atoms with van der Waals surface area (Å²) in [6, 6.07) is 0.524. The van der Waals surface area contributed by atoms with Crippen LogP contribution < -0.4 is 5.32 Å². The zero-order chi connectivity index (χ0) is 15.6. The summed E-state index contributed by atoms with van der Waals surface area (Å²) in [5.74, 6) is 1.25. The van der Waals surface area contributed by atoms with E-state index >= 15 is 0 Å². The van der Waals surface area contributed by atoms with Gasteiger partial charge in [0.2, 0.25) is 0 Å². The molecule has 1 saturated heterocycles. The van der Waals surface area contributed by atoms with Crippen LogP contribution in [0.5, 0.6) is 0 Å². The molecule has 4 atom stereocenters. The molecule has 0 radical (unpaired) electrons. The molecule has 1 aromatic rings. The zero-order valence-electron chi connectivity index (χ0n) is 14.0. The van der Waals surface area contributed by atoms with Crippen molar-refractivity contribution in [2.45, 2.75) is 68.2 Å². The minimum absolute atomic E-state index is 0.156. The Morgan fingerprint density at radius 2 is 2.05 bits per heavy atom. The van der Waals surface area contributed by atoms with E-state index in [1.807, 2.05) is 11.3 Å². The van der Waals surface area contributed by atoms with Gasteiger partial charge in [-0.05, 0) is 7.05 Å². The number of hydrogen-bond donors (Lipinski definition) is 1. The number of aromatic nitrogens is 1. The molecule has 0 amide bonds. The number of thioether (sulfide) groups is 2. The molecule has 1 aromatic heterocycles. The van der Waals surface area contributed by atoms with E-state index in [2.05, 4.69) is 75.9 Å². The molecule has 1 aliphatic heterocycles. The van der Waals surface area contributed by atoms with Crippen LogP contribution in [0.4, 0.5) is 0 Å². The number of hydrogen-bond acceptors (Lipinski definition) is 5. The van der Waals surface area contributed by atoms with Gasteiger partial charge in [0, 0.05) is 44.8 Å². The Labute approximate surface area is 142 Å². The maximum atomic E-state index is 4.86. The molecule has 0 bridgehead atoms. The van der Waals surface area contributed by atoms with Crippen molar-refractivity contribution in [1.82, 2.24) is 10.3 Å². The summed E-state index contributed by atoms with van der Waals surface area (Å²) in [5.41, 5.74) is 1.38. The molecule has 2 rings (SSSR count). The molecule has 0 saturated carbocycles. The van der Waals surface area contributed by atoms with Gasteiger partial charge in [-0.25, -0.2) is 4.98 Å². The van der Waals surface area contributed by atoms with E-state index in [1.165, 1.54) is 16.5 Å². The third-order valence-electron chi connectivity index (χ3n) is 4.11. The molecule has 120 valence electrons. The molecule has 4 unspecified atom stereocenters. The van der Waals surface area contributed by atoms with Crippen molar-refractivity contribution in [3.8, 4) is 0 Å². The summed E-state index contributed by atoms with van der Waals surface area (Å²) < 4.78 is 0. The van der Waals surface area contributed by atoms with Crippen LogP contribution in [0.3, 0.4) is 0 Å². The molecule has 0 aromatic carbocycles. The second kappa shape index (κ2) is 7.24. The summed E-state index contributed by atoms with van der Waals surface area (Å²) in [6.07, 6.45) is 1.05. The van der Waals surface area contributed by atoms with E-state index in [9.17, 15) is 0 Å². The second-order valence-corrected chi connectivity index (χ2v) is 10.9. The lowest BCUT2D eigenvalue weighted by Crippen LogP contribution is -2.43. The molecule has 2 heterocycles. The van der Waals surface area contributed by atoms with Gasteiger partial charge in [-0.15, -0.1) is 11.3 Å². The van der Waals surface area contributed by atoms with Gasteiger partial charge < -0.3 is 5.32 Å². The lowest BCUT2D eigenvalue weighted by atomic mass is 9.93. The molecule has 0 spiro atoms. The highest BCUT2D eigenvalue weighted by Crippen LogP contribution is 2.37. The molecule has 2 nitrogen and oxygen atoms in total. The topological polar surface area (TPSA) is 24.9 Å². The quantitative estimate of drug-likeness (QED) is 0.885. The lowest BCUT2D eigenvalue weighted by molar-refractivity contribution is 0.542. The summed E-state index contributed by atoms with van der Waals surface area (Å²) in [5, 5.41) is 9.25. The van der Waals surface area contributed by atoms with E-state index in [1.54, 1.807) is 0 Å². The highest BCUT2D eigenvalue weighted by Gasteiger charge is 2.31. The van der Waals surface area contributed by atoms with Crippen LogP contribution in [0, 0.1) is 0 Å². The van der Waals surface area contributed by atoms with Crippen LogP contribution >= 0.6 is 34.9 Å². The summed E-state index contributed by atoms with van der Waals surface area (Å²) >= 11 is 6.09. The number of thiazole rings is 1. The van der Waals surface area contributed by atoms with Crippen LogP contribution in [0.25, 0.3) is 0 Å². The number of rotatable bonds is 4. The summed E-state index contributed by atoms with van der Waals surface area (Å²) in [4.78, 5) is 4.86. The van der Waals surface area contributed by atoms with E-state index in [-0.39, 0.29) is 5.41 Å². The highest BCUT2D eigenvalue weighted by atomic mass is 32.2. The third kappa shape index (κ3) is 4.63. The number of likely N-dealkylation sites (N-methyl/N-ethyl adjacent to an activating group) is 1. The largest absolute Gasteiger partial charge is 0.315 e. The maximum absolute atomic E-state index is 4.86. The minimum Gasteiger partial charge on any atom is -0.315 e. The first-order valence-electron chi connectivity index (χ1n) is 7.70. The Hall–Kier alpha value is 0.290. The summed E-state index contributed by atoms with van der Waals surface area (Å²) in [7, 11) is 2.09. The standard InChI is InChI=1S/C16H28N2S3/c1-10-11(2)21-13(8-19-10)12(17-6)7-15-18-14(9-20-15)16(3,4)5/h9-13,17H,7-8H2,1-6H3. The van der Waals surface area contributed by atoms with Crippen molar-refractivity contribution in [3.63, 3.8) is 0 Å². The van der Waals surface area contributed by atoms with Gasteiger partial charge in [-0.1, -0.05) is 34.6 Å². The smallest absolute Gasteiger partial charge is 0.0944 e. The lowest BCUT2D eigenvalue weighted by Gasteiger charge is -2.35. The maximum Gasteiger partial charge on any atom is 0.0944 e. The van der Waals surface area contributed by atoms with Crippen molar-refractivity contribution in [2.75, 3.05) is 12.8 Å². The van der Waals surface area contributed by atoms with Crippen LogP contribution in [-0.2, 0) is 11.8 Å². The van der Waals surface area contributed by atoms with Crippen molar-refractivity contribution in [1.29, 1.82) is 0 Å². The van der Waals surface area contributed by atoms with Crippen LogP contribution in [-0.4, -0.2) is 39.6 Å². The molecule has 1 aliphatic rings. The van der Waals surface area contributed by atoms with Crippen molar-refractivity contribution >= 4 is 34.9 Å². The Morgan fingerprint density at radius 3 is 2.57 bits per heavy atom. The van der Waals surface area contributed by atoms with Gasteiger partial charge in [0.1, 0.15) is 0 Å². The summed E-state index contributed by atoms with van der Waals surface area (Å²) in [6.45, 7) is 11.4. The highest BCUT2D eigenvalue weighted by molar-refractivity contribution is 8.07. The van der Waals surface area contributed by atoms with Gasteiger partial charge >= 0.3 is 0 Å². The zero-order valence-corrected chi connectivity index (χ0v) is 16.4. The Morgan fingerprint density at radius 1 is 1.33 bits per heavy atom. The SMILES string of the molecule is CNC(Cc1nc(C(C)(C)C)cs1)C1CSC(C)C(C)S1. The average Bonchev–Trinajstić information content (AvgIpc) is 2.88. The Balaban J connectivity index is 2.01. The van der Waals surface area contributed by atoms with Crippen molar-refractivity contribution in [3.05, 3.63) is 16.1 Å². The molecule has 0 aliphatic carbocycles. The average molecular weight is 345 g/mol. The monoisotopic (exact) mass is 344 g/mol. The van der Waals surface area contributed by atoms with Crippen LogP contribution in [0.2, 0.25) is 0 Å². The van der Waals surface area contributed by atoms with E-state index in [4.69, 9.17) is 4.98 Å². The van der Waals surface area contributed by atoms with Gasteiger partial charge in [0.05, 0.1) is 10.7 Å². The van der Waals surface area contributed by atoms with E-state index < -0.39 is 0 Å². The first-order valence-corrected chi connectivity index (χ1v) is 10.6. The van der Waals surface area contributed by atoms with Gasteiger partial charge in [-0.3, -0.25) is 0 Å². The van der Waals surface area contributed by atoms with Crippen molar-refractivity contribution < 1.29 is 0 Å². The molecule has 1 fully saturated rings.